The Bertz CT molecular complexity index is 792. The van der Waals surface area contributed by atoms with Gasteiger partial charge in [0.2, 0.25) is 0 Å². The normalized spacial score (nSPS) is 11.8. The molecular formula is C20H25N3. The second-order valence-corrected chi connectivity index (χ2v) is 7.06. The highest BCUT2D eigenvalue weighted by molar-refractivity contribution is 5.87. The van der Waals surface area contributed by atoms with E-state index in [0.717, 1.165) is 23.4 Å². The molecule has 0 bridgehead atoms. The number of nitrogens with one attached hydrogen (secondary N) is 3. The molecule has 3 rings (SSSR count). The minimum atomic E-state index is 0.186. The Kier molecular flexibility index (Phi) is 4.14. The zero-order valence-corrected chi connectivity index (χ0v) is 14.3. The molecule has 1 aromatic heterocycles. The minimum Gasteiger partial charge on any atom is -0.361 e. The first kappa shape index (κ1) is 15.6. The van der Waals surface area contributed by atoms with Gasteiger partial charge in [0.15, 0.2) is 0 Å². The van der Waals surface area contributed by atoms with Gasteiger partial charge in [0.1, 0.15) is 0 Å². The number of H-pyrrole nitrogens is 1. The van der Waals surface area contributed by atoms with E-state index in [-0.39, 0.29) is 5.41 Å². The third kappa shape index (κ3) is 3.40. The fourth-order valence-electron chi connectivity index (χ4n) is 2.82. The van der Waals surface area contributed by atoms with E-state index < -0.39 is 0 Å². The molecule has 0 radical (unpaired) electrons. The molecule has 3 N–H and O–H groups in total. The fourth-order valence-corrected chi connectivity index (χ4v) is 2.82. The number of aromatic amines is 1. The van der Waals surface area contributed by atoms with Gasteiger partial charge in [-0.1, -0.05) is 39.0 Å². The van der Waals surface area contributed by atoms with Gasteiger partial charge in [-0.25, -0.2) is 0 Å². The molecule has 0 amide bonds. The summed E-state index contributed by atoms with van der Waals surface area (Å²) in [6, 6.07) is 15.1. The van der Waals surface area contributed by atoms with Crippen molar-refractivity contribution in [1.29, 1.82) is 0 Å². The third-order valence-electron chi connectivity index (χ3n) is 4.17. The Hall–Kier alpha value is -2.26. The van der Waals surface area contributed by atoms with Crippen LogP contribution in [-0.4, -0.2) is 12.0 Å². The summed E-state index contributed by atoms with van der Waals surface area (Å²) in [4.78, 5) is 3.35. The number of hydrogen-bond acceptors (Lipinski definition) is 2. The van der Waals surface area contributed by atoms with Crippen molar-refractivity contribution < 1.29 is 0 Å². The Morgan fingerprint density at radius 2 is 1.65 bits per heavy atom. The molecule has 0 fully saturated rings. The smallest absolute Gasteiger partial charge is 0.0478 e. The van der Waals surface area contributed by atoms with Crippen LogP contribution in [0, 0.1) is 0 Å². The molecule has 0 aliphatic rings. The molecule has 0 aliphatic carbocycles. The molecule has 0 atom stereocenters. The first-order chi connectivity index (χ1) is 11.0. The number of benzene rings is 2. The zero-order chi connectivity index (χ0) is 16.4. The first-order valence-electron chi connectivity index (χ1n) is 8.09. The van der Waals surface area contributed by atoms with E-state index in [2.05, 4.69) is 85.1 Å². The molecular weight excluding hydrogens is 282 g/mol. The molecule has 120 valence electrons. The van der Waals surface area contributed by atoms with E-state index in [4.69, 9.17) is 0 Å². The molecule has 0 spiro atoms. The summed E-state index contributed by atoms with van der Waals surface area (Å²) in [7, 11) is 1.97. The van der Waals surface area contributed by atoms with E-state index in [9.17, 15) is 0 Å². The highest BCUT2D eigenvalue weighted by Gasteiger charge is 2.12. The Morgan fingerprint density at radius 3 is 2.30 bits per heavy atom. The summed E-state index contributed by atoms with van der Waals surface area (Å²) >= 11 is 0. The Labute approximate surface area is 138 Å². The number of anilines is 2. The van der Waals surface area contributed by atoms with Crippen LogP contribution in [0.15, 0.2) is 48.7 Å². The van der Waals surface area contributed by atoms with E-state index in [1.54, 1.807) is 0 Å². The number of aromatic nitrogens is 1. The van der Waals surface area contributed by atoms with Crippen molar-refractivity contribution >= 4 is 22.3 Å². The second kappa shape index (κ2) is 6.09. The van der Waals surface area contributed by atoms with Crippen LogP contribution in [0.25, 0.3) is 10.9 Å². The van der Waals surface area contributed by atoms with Crippen molar-refractivity contribution in [3.05, 3.63) is 59.8 Å². The van der Waals surface area contributed by atoms with Gasteiger partial charge in [-0.15, -0.1) is 0 Å². The zero-order valence-electron chi connectivity index (χ0n) is 14.3. The van der Waals surface area contributed by atoms with Crippen LogP contribution in [0.5, 0.6) is 0 Å². The molecule has 0 unspecified atom stereocenters. The van der Waals surface area contributed by atoms with E-state index in [1.807, 2.05) is 7.05 Å². The van der Waals surface area contributed by atoms with Crippen LogP contribution in [-0.2, 0) is 12.0 Å². The maximum Gasteiger partial charge on any atom is 0.0478 e. The van der Waals surface area contributed by atoms with Crippen molar-refractivity contribution in [2.75, 3.05) is 12.4 Å². The van der Waals surface area contributed by atoms with Crippen molar-refractivity contribution in [2.24, 2.45) is 0 Å². The van der Waals surface area contributed by atoms with Gasteiger partial charge >= 0.3 is 0 Å². The summed E-state index contributed by atoms with van der Waals surface area (Å²) in [5.41, 5.74) is 6.19. The maximum absolute atomic E-state index is 3.48. The molecule has 3 nitrogen and oxygen atoms in total. The van der Waals surface area contributed by atoms with Crippen LogP contribution in [0.2, 0.25) is 0 Å². The van der Waals surface area contributed by atoms with Crippen LogP contribution < -0.4 is 10.6 Å². The average molecular weight is 307 g/mol. The number of hydrogen-bond donors (Lipinski definition) is 3. The Balaban J connectivity index is 1.81. The van der Waals surface area contributed by atoms with Crippen LogP contribution in [0.4, 0.5) is 11.4 Å². The fraction of sp³-hybridized carbons (Fsp3) is 0.300. The number of rotatable bonds is 4. The summed E-state index contributed by atoms with van der Waals surface area (Å²) in [5.74, 6) is 0. The molecule has 0 saturated carbocycles. The van der Waals surface area contributed by atoms with Crippen LogP contribution in [0.3, 0.4) is 0 Å². The summed E-state index contributed by atoms with van der Waals surface area (Å²) < 4.78 is 0. The molecule has 3 heteroatoms. The van der Waals surface area contributed by atoms with Gasteiger partial charge in [-0.2, -0.15) is 0 Å². The molecule has 1 heterocycles. The molecule has 23 heavy (non-hydrogen) atoms. The summed E-state index contributed by atoms with van der Waals surface area (Å²) in [6.45, 7) is 7.58. The predicted octanol–water partition coefficient (Wildman–Crippen LogP) is 4.93. The van der Waals surface area contributed by atoms with Crippen molar-refractivity contribution in [3.63, 3.8) is 0 Å². The van der Waals surface area contributed by atoms with Gasteiger partial charge in [0.25, 0.3) is 0 Å². The lowest BCUT2D eigenvalue weighted by atomic mass is 9.87. The predicted molar refractivity (Wildman–Crippen MR) is 99.5 cm³/mol. The van der Waals surface area contributed by atoms with Crippen molar-refractivity contribution in [3.8, 4) is 0 Å². The quantitative estimate of drug-likeness (QED) is 0.639. The average Bonchev–Trinajstić information content (AvgIpc) is 2.90. The highest BCUT2D eigenvalue weighted by atomic mass is 14.9. The molecule has 3 aromatic rings. The van der Waals surface area contributed by atoms with Gasteiger partial charge in [0.05, 0.1) is 0 Å². The molecule has 0 aliphatic heterocycles. The van der Waals surface area contributed by atoms with E-state index in [1.165, 1.54) is 16.5 Å². The lowest BCUT2D eigenvalue weighted by molar-refractivity contribution is 0.590. The third-order valence-corrected chi connectivity index (χ3v) is 4.17. The SMILES string of the molecule is CNCc1c[nH]c2cc(Nc3ccc(C(C)(C)C)cc3)ccc12. The van der Waals surface area contributed by atoms with E-state index in [0.29, 0.717) is 0 Å². The standard InChI is InChI=1S/C20H25N3/c1-20(2,3)15-5-7-16(8-6-15)23-17-9-10-18-14(12-21-4)13-22-19(18)11-17/h5-11,13,21-23H,12H2,1-4H3. The van der Waals surface area contributed by atoms with Gasteiger partial charge in [-0.05, 0) is 47.9 Å². The Morgan fingerprint density at radius 1 is 0.957 bits per heavy atom. The summed E-state index contributed by atoms with van der Waals surface area (Å²) in [6.07, 6.45) is 2.07. The molecule has 0 saturated heterocycles. The largest absolute Gasteiger partial charge is 0.361 e. The highest BCUT2D eigenvalue weighted by Crippen LogP contribution is 2.27. The minimum absolute atomic E-state index is 0.186. The van der Waals surface area contributed by atoms with Gasteiger partial charge in [-0.3, -0.25) is 0 Å². The topological polar surface area (TPSA) is 39.9 Å². The van der Waals surface area contributed by atoms with Gasteiger partial charge in [0, 0.05) is 35.0 Å². The number of fused-ring (bicyclic) bond motifs is 1. The van der Waals surface area contributed by atoms with Crippen LogP contribution in [0.1, 0.15) is 31.9 Å². The maximum atomic E-state index is 3.48. The van der Waals surface area contributed by atoms with Gasteiger partial charge < -0.3 is 15.6 Å². The summed E-state index contributed by atoms with van der Waals surface area (Å²) in [5, 5.41) is 7.95. The van der Waals surface area contributed by atoms with Crippen LogP contribution >= 0.6 is 0 Å². The lowest BCUT2D eigenvalue weighted by Crippen LogP contribution is -2.10. The molecule has 2 aromatic carbocycles. The monoisotopic (exact) mass is 307 g/mol. The second-order valence-electron chi connectivity index (χ2n) is 7.06. The first-order valence-corrected chi connectivity index (χ1v) is 8.09. The van der Waals surface area contributed by atoms with Crippen molar-refractivity contribution in [1.82, 2.24) is 10.3 Å². The van der Waals surface area contributed by atoms with Crippen molar-refractivity contribution in [2.45, 2.75) is 32.7 Å². The lowest BCUT2D eigenvalue weighted by Gasteiger charge is -2.19. The van der Waals surface area contributed by atoms with E-state index >= 15 is 0 Å².